The second-order valence-electron chi connectivity index (χ2n) is 3.80. The molecule has 0 unspecified atom stereocenters. The van der Waals surface area contributed by atoms with Gasteiger partial charge in [0.25, 0.3) is 0 Å². The van der Waals surface area contributed by atoms with E-state index < -0.39 is 0 Å². The van der Waals surface area contributed by atoms with Gasteiger partial charge in [0.15, 0.2) is 5.82 Å². The van der Waals surface area contributed by atoms with Crippen molar-refractivity contribution in [1.29, 1.82) is 0 Å². The van der Waals surface area contributed by atoms with Crippen LogP contribution in [-0.4, -0.2) is 34.7 Å². The Bertz CT molecular complexity index is 254. The lowest BCUT2D eigenvalue weighted by atomic mass is 9.97. The summed E-state index contributed by atoms with van der Waals surface area (Å²) in [5.41, 5.74) is 5.63. The molecule has 14 heavy (non-hydrogen) atoms. The van der Waals surface area contributed by atoms with Gasteiger partial charge in [-0.1, -0.05) is 5.16 Å². The molecule has 2 rings (SSSR count). The Morgan fingerprint density at radius 1 is 1.50 bits per heavy atom. The van der Waals surface area contributed by atoms with Crippen LogP contribution in [0.1, 0.15) is 18.7 Å². The number of aromatic nitrogens is 2. The molecule has 1 fully saturated rings. The Kier molecular flexibility index (Phi) is 3.10. The molecule has 0 radical (unpaired) electrons. The Morgan fingerprint density at radius 2 is 2.29 bits per heavy atom. The number of nitrogens with two attached hydrogens (primary N) is 1. The van der Waals surface area contributed by atoms with Crippen LogP contribution in [0.15, 0.2) is 10.9 Å². The number of likely N-dealkylation sites (tertiary alicyclic amines) is 1. The van der Waals surface area contributed by atoms with Gasteiger partial charge in [0.05, 0.1) is 6.54 Å². The van der Waals surface area contributed by atoms with Crippen molar-refractivity contribution in [2.45, 2.75) is 19.4 Å². The van der Waals surface area contributed by atoms with E-state index >= 15 is 0 Å². The zero-order valence-electron chi connectivity index (χ0n) is 8.22. The minimum atomic E-state index is 0.705. The van der Waals surface area contributed by atoms with E-state index in [1.807, 2.05) is 0 Å². The van der Waals surface area contributed by atoms with E-state index in [-0.39, 0.29) is 0 Å². The second-order valence-corrected chi connectivity index (χ2v) is 3.80. The molecule has 1 saturated heterocycles. The highest BCUT2D eigenvalue weighted by Gasteiger charge is 2.18. The molecular formula is C9H16N4O. The molecule has 78 valence electrons. The molecule has 0 amide bonds. The number of nitrogens with zero attached hydrogens (tertiary/aromatic N) is 3. The van der Waals surface area contributed by atoms with E-state index in [2.05, 4.69) is 15.0 Å². The van der Waals surface area contributed by atoms with Crippen molar-refractivity contribution >= 4 is 0 Å². The largest absolute Gasteiger partial charge is 0.343 e. The molecule has 0 spiro atoms. The molecule has 0 bridgehead atoms. The lowest BCUT2D eigenvalue weighted by Gasteiger charge is -2.30. The topological polar surface area (TPSA) is 68.2 Å². The smallest absolute Gasteiger partial charge is 0.213 e. The average Bonchev–Trinajstić information content (AvgIpc) is 2.72. The van der Waals surface area contributed by atoms with E-state index in [0.717, 1.165) is 32.0 Å². The summed E-state index contributed by atoms with van der Waals surface area (Å²) in [6.07, 6.45) is 3.75. The summed E-state index contributed by atoms with van der Waals surface area (Å²) in [5, 5.41) is 3.80. The molecular weight excluding hydrogens is 180 g/mol. The molecule has 1 aromatic heterocycles. The van der Waals surface area contributed by atoms with Gasteiger partial charge < -0.3 is 10.3 Å². The number of hydrogen-bond donors (Lipinski definition) is 1. The summed E-state index contributed by atoms with van der Waals surface area (Å²) in [6, 6.07) is 0. The summed E-state index contributed by atoms with van der Waals surface area (Å²) >= 11 is 0. The molecule has 1 aliphatic heterocycles. The highest BCUT2D eigenvalue weighted by Crippen LogP contribution is 2.16. The molecule has 5 heteroatoms. The van der Waals surface area contributed by atoms with Gasteiger partial charge in [-0.25, -0.2) is 0 Å². The fraction of sp³-hybridized carbons (Fsp3) is 0.778. The van der Waals surface area contributed by atoms with Gasteiger partial charge in [-0.2, -0.15) is 4.98 Å². The fourth-order valence-electron chi connectivity index (χ4n) is 1.84. The van der Waals surface area contributed by atoms with Gasteiger partial charge in [0, 0.05) is 0 Å². The highest BCUT2D eigenvalue weighted by molar-refractivity contribution is 4.81. The Labute approximate surface area is 83.3 Å². The summed E-state index contributed by atoms with van der Waals surface area (Å²) in [4.78, 5) is 6.35. The predicted molar refractivity (Wildman–Crippen MR) is 51.4 cm³/mol. The van der Waals surface area contributed by atoms with E-state index in [9.17, 15) is 0 Å². The van der Waals surface area contributed by atoms with Gasteiger partial charge in [-0.15, -0.1) is 0 Å². The quantitative estimate of drug-likeness (QED) is 0.750. The van der Waals surface area contributed by atoms with Crippen LogP contribution in [0.2, 0.25) is 0 Å². The standard InChI is InChI=1S/C9H16N4O/c10-5-8-1-3-13(4-2-8)6-9-11-7-14-12-9/h7-8H,1-6,10H2. The molecule has 0 atom stereocenters. The molecule has 0 saturated carbocycles. The SMILES string of the molecule is NCC1CCN(Cc2ncon2)CC1. The zero-order chi connectivity index (χ0) is 9.80. The number of hydrogen-bond acceptors (Lipinski definition) is 5. The van der Waals surface area contributed by atoms with Crippen molar-refractivity contribution < 1.29 is 4.52 Å². The minimum Gasteiger partial charge on any atom is -0.343 e. The molecule has 1 aromatic rings. The first-order valence-corrected chi connectivity index (χ1v) is 5.06. The lowest BCUT2D eigenvalue weighted by molar-refractivity contribution is 0.175. The van der Waals surface area contributed by atoms with Crippen LogP contribution < -0.4 is 5.73 Å². The van der Waals surface area contributed by atoms with Gasteiger partial charge in [-0.3, -0.25) is 4.90 Å². The monoisotopic (exact) mass is 196 g/mol. The highest BCUT2D eigenvalue weighted by atomic mass is 16.5. The van der Waals surface area contributed by atoms with Gasteiger partial charge in [0.2, 0.25) is 6.39 Å². The van der Waals surface area contributed by atoms with Gasteiger partial charge >= 0.3 is 0 Å². The van der Waals surface area contributed by atoms with Crippen LogP contribution in [0, 0.1) is 5.92 Å². The van der Waals surface area contributed by atoms with E-state index in [1.165, 1.54) is 19.2 Å². The Balaban J connectivity index is 1.79. The first-order valence-electron chi connectivity index (χ1n) is 5.06. The maximum atomic E-state index is 5.63. The van der Waals surface area contributed by atoms with Crippen LogP contribution in [0.5, 0.6) is 0 Å². The third-order valence-corrected chi connectivity index (χ3v) is 2.81. The van der Waals surface area contributed by atoms with Gasteiger partial charge in [0.1, 0.15) is 0 Å². The van der Waals surface area contributed by atoms with Crippen molar-refractivity contribution in [3.05, 3.63) is 12.2 Å². The fourth-order valence-corrected chi connectivity index (χ4v) is 1.84. The summed E-state index contributed by atoms with van der Waals surface area (Å²) in [7, 11) is 0. The van der Waals surface area contributed by atoms with E-state index in [1.54, 1.807) is 0 Å². The third-order valence-electron chi connectivity index (χ3n) is 2.81. The first kappa shape index (κ1) is 9.61. The van der Waals surface area contributed by atoms with Crippen LogP contribution in [0.4, 0.5) is 0 Å². The van der Waals surface area contributed by atoms with Crippen LogP contribution in [0.3, 0.4) is 0 Å². The third kappa shape index (κ3) is 2.30. The maximum Gasteiger partial charge on any atom is 0.213 e. The lowest BCUT2D eigenvalue weighted by Crippen LogP contribution is -2.35. The van der Waals surface area contributed by atoms with Gasteiger partial charge in [-0.05, 0) is 38.4 Å². The van der Waals surface area contributed by atoms with Crippen LogP contribution in [-0.2, 0) is 6.54 Å². The van der Waals surface area contributed by atoms with Crippen molar-refractivity contribution in [3.8, 4) is 0 Å². The summed E-state index contributed by atoms with van der Waals surface area (Å²) < 4.78 is 4.69. The maximum absolute atomic E-state index is 5.63. The molecule has 2 heterocycles. The van der Waals surface area contributed by atoms with Crippen molar-refractivity contribution in [1.82, 2.24) is 15.0 Å². The zero-order valence-corrected chi connectivity index (χ0v) is 8.22. The average molecular weight is 196 g/mol. The van der Waals surface area contributed by atoms with Crippen molar-refractivity contribution in [3.63, 3.8) is 0 Å². The molecule has 5 nitrogen and oxygen atoms in total. The minimum absolute atomic E-state index is 0.705. The number of piperidine rings is 1. The Hall–Kier alpha value is -0.940. The normalized spacial score (nSPS) is 20.1. The first-order chi connectivity index (χ1) is 6.88. The predicted octanol–water partition coefficient (Wildman–Crippen LogP) is 0.240. The molecule has 2 N–H and O–H groups in total. The molecule has 0 aromatic carbocycles. The Morgan fingerprint density at radius 3 is 2.86 bits per heavy atom. The van der Waals surface area contributed by atoms with E-state index in [4.69, 9.17) is 10.3 Å². The van der Waals surface area contributed by atoms with E-state index in [0.29, 0.717) is 5.92 Å². The van der Waals surface area contributed by atoms with Crippen LogP contribution >= 0.6 is 0 Å². The molecule has 1 aliphatic rings. The summed E-state index contributed by atoms with van der Waals surface area (Å²) in [5.74, 6) is 1.48. The van der Waals surface area contributed by atoms with Crippen molar-refractivity contribution in [2.75, 3.05) is 19.6 Å². The van der Waals surface area contributed by atoms with Crippen LogP contribution in [0.25, 0.3) is 0 Å². The molecule has 0 aliphatic carbocycles. The van der Waals surface area contributed by atoms with Crippen molar-refractivity contribution in [2.24, 2.45) is 11.7 Å². The summed E-state index contributed by atoms with van der Waals surface area (Å²) in [6.45, 7) is 3.80. The number of rotatable bonds is 3. The second kappa shape index (κ2) is 4.52.